The molecule has 2 aromatic heterocycles. The molecule has 0 spiro atoms. The second kappa shape index (κ2) is 9.96. The van der Waals surface area contributed by atoms with Crippen LogP contribution in [0, 0.1) is 17.5 Å². The van der Waals surface area contributed by atoms with Crippen molar-refractivity contribution in [2.45, 2.75) is 45.2 Å². The third-order valence-electron chi connectivity index (χ3n) is 7.08. The molecule has 1 aliphatic rings. The Morgan fingerprint density at radius 2 is 1.76 bits per heavy atom. The zero-order valence-electron chi connectivity index (χ0n) is 21.5. The molecule has 1 aliphatic heterocycles. The van der Waals surface area contributed by atoms with E-state index in [0.717, 1.165) is 17.7 Å². The SMILES string of the molecule is CCC1Cc2c(nn(C)c2-c2cc(F)c(F)c(F)c2)C(CC)N1C(=O)c1cccc(OC)c1-n1nccn1. The number of hydrogen-bond acceptors (Lipinski definition) is 5. The first-order chi connectivity index (χ1) is 18.3. The predicted octanol–water partition coefficient (Wildman–Crippen LogP) is 5.02. The summed E-state index contributed by atoms with van der Waals surface area (Å²) in [7, 11) is 3.19. The van der Waals surface area contributed by atoms with Crippen LogP contribution in [0.3, 0.4) is 0 Å². The van der Waals surface area contributed by atoms with Crippen molar-refractivity contribution < 1.29 is 22.7 Å². The molecule has 0 aliphatic carbocycles. The Morgan fingerprint density at radius 1 is 1.08 bits per heavy atom. The van der Waals surface area contributed by atoms with E-state index in [4.69, 9.17) is 9.84 Å². The van der Waals surface area contributed by atoms with E-state index in [1.54, 1.807) is 29.9 Å². The van der Waals surface area contributed by atoms with Gasteiger partial charge in [0.25, 0.3) is 5.91 Å². The molecule has 0 fully saturated rings. The summed E-state index contributed by atoms with van der Waals surface area (Å²) in [5, 5.41) is 13.1. The molecule has 2 aromatic carbocycles. The fourth-order valence-corrected chi connectivity index (χ4v) is 5.41. The first kappa shape index (κ1) is 25.5. The van der Waals surface area contributed by atoms with E-state index in [0.29, 0.717) is 47.7 Å². The van der Waals surface area contributed by atoms with Crippen LogP contribution in [-0.2, 0) is 13.5 Å². The van der Waals surface area contributed by atoms with Crippen LogP contribution < -0.4 is 4.74 Å². The van der Waals surface area contributed by atoms with Gasteiger partial charge in [0, 0.05) is 24.2 Å². The highest BCUT2D eigenvalue weighted by Gasteiger charge is 2.41. The summed E-state index contributed by atoms with van der Waals surface area (Å²) in [4.78, 5) is 17.4. The number of para-hydroxylation sites is 1. The quantitative estimate of drug-likeness (QED) is 0.331. The van der Waals surface area contributed by atoms with Gasteiger partial charge in [-0.05, 0) is 43.5 Å². The maximum Gasteiger partial charge on any atom is 0.257 e. The van der Waals surface area contributed by atoms with Crippen LogP contribution in [0.15, 0.2) is 42.7 Å². The van der Waals surface area contributed by atoms with Gasteiger partial charge in [0.15, 0.2) is 17.5 Å². The van der Waals surface area contributed by atoms with Gasteiger partial charge in [-0.2, -0.15) is 15.3 Å². The molecule has 2 unspecified atom stereocenters. The number of fused-ring (bicyclic) bond motifs is 1. The van der Waals surface area contributed by atoms with Crippen LogP contribution >= 0.6 is 0 Å². The van der Waals surface area contributed by atoms with Gasteiger partial charge < -0.3 is 9.64 Å². The van der Waals surface area contributed by atoms with Crippen molar-refractivity contribution in [3.05, 3.63) is 77.0 Å². The number of nitrogens with zero attached hydrogens (tertiary/aromatic N) is 6. The largest absolute Gasteiger partial charge is 0.494 e. The van der Waals surface area contributed by atoms with Crippen LogP contribution in [0.25, 0.3) is 16.9 Å². The number of aromatic nitrogens is 5. The van der Waals surface area contributed by atoms with Gasteiger partial charge in [-0.3, -0.25) is 9.48 Å². The molecular formula is C27H27F3N6O2. The van der Waals surface area contributed by atoms with Crippen molar-refractivity contribution in [3.8, 4) is 22.7 Å². The lowest BCUT2D eigenvalue weighted by Gasteiger charge is -2.41. The highest BCUT2D eigenvalue weighted by Crippen LogP contribution is 2.42. The monoisotopic (exact) mass is 524 g/mol. The number of hydrogen-bond donors (Lipinski definition) is 0. The second-order valence-corrected chi connectivity index (χ2v) is 9.17. The van der Waals surface area contributed by atoms with E-state index in [-0.39, 0.29) is 17.5 Å². The average Bonchev–Trinajstić information content (AvgIpc) is 3.56. The minimum absolute atomic E-state index is 0.196. The summed E-state index contributed by atoms with van der Waals surface area (Å²) in [5.41, 5.74) is 2.95. The highest BCUT2D eigenvalue weighted by atomic mass is 19.2. The third-order valence-corrected chi connectivity index (χ3v) is 7.08. The lowest BCUT2D eigenvalue weighted by Crippen LogP contribution is -2.47. The number of aryl methyl sites for hydroxylation is 1. The Morgan fingerprint density at radius 3 is 2.37 bits per heavy atom. The Labute approximate surface area is 217 Å². The van der Waals surface area contributed by atoms with E-state index in [1.807, 2.05) is 18.7 Å². The maximum absolute atomic E-state index is 14.2. The molecule has 0 saturated carbocycles. The third kappa shape index (κ3) is 4.02. The molecule has 3 heterocycles. The molecule has 2 atom stereocenters. The number of carbonyl (C=O) groups is 1. The Bertz CT molecular complexity index is 1480. The minimum Gasteiger partial charge on any atom is -0.494 e. The van der Waals surface area contributed by atoms with Gasteiger partial charge in [-0.15, -0.1) is 4.80 Å². The number of rotatable bonds is 6. The number of benzene rings is 2. The highest BCUT2D eigenvalue weighted by molar-refractivity contribution is 5.99. The van der Waals surface area contributed by atoms with Crippen LogP contribution in [0.1, 0.15) is 54.3 Å². The number of methoxy groups -OCH3 is 1. The van der Waals surface area contributed by atoms with E-state index in [1.165, 1.54) is 24.3 Å². The molecule has 0 radical (unpaired) electrons. The first-order valence-corrected chi connectivity index (χ1v) is 12.4. The van der Waals surface area contributed by atoms with Crippen LogP contribution in [0.4, 0.5) is 13.2 Å². The van der Waals surface area contributed by atoms with Gasteiger partial charge in [0.1, 0.15) is 11.4 Å². The molecule has 0 saturated heterocycles. The van der Waals surface area contributed by atoms with Gasteiger partial charge in [0.2, 0.25) is 0 Å². The van der Waals surface area contributed by atoms with Crippen molar-refractivity contribution in [1.82, 2.24) is 29.7 Å². The lowest BCUT2D eigenvalue weighted by molar-refractivity contribution is 0.0512. The fourth-order valence-electron chi connectivity index (χ4n) is 5.41. The Balaban J connectivity index is 1.64. The molecule has 4 aromatic rings. The number of halogens is 3. The van der Waals surface area contributed by atoms with E-state index in [9.17, 15) is 18.0 Å². The Kier molecular flexibility index (Phi) is 6.68. The molecule has 38 heavy (non-hydrogen) atoms. The first-order valence-electron chi connectivity index (χ1n) is 12.4. The van der Waals surface area contributed by atoms with E-state index >= 15 is 0 Å². The summed E-state index contributed by atoms with van der Waals surface area (Å²) >= 11 is 0. The normalized spacial score (nSPS) is 17.0. The second-order valence-electron chi connectivity index (χ2n) is 9.17. The molecule has 1 amide bonds. The zero-order valence-corrected chi connectivity index (χ0v) is 21.5. The number of ether oxygens (including phenoxy) is 1. The Hall–Kier alpha value is -4.15. The average molecular weight is 525 g/mol. The lowest BCUT2D eigenvalue weighted by atomic mass is 9.87. The van der Waals surface area contributed by atoms with Gasteiger partial charge in [0.05, 0.1) is 42.5 Å². The number of carbonyl (C=O) groups excluding carboxylic acids is 1. The van der Waals surface area contributed by atoms with Crippen molar-refractivity contribution >= 4 is 5.91 Å². The molecule has 8 nitrogen and oxygen atoms in total. The molecule has 198 valence electrons. The number of amides is 1. The standard InChI is InChI=1S/C27H27F3N6O2/c1-5-16-14-18-24(33-34(3)25(18)15-12-19(28)23(30)20(29)13-15)21(6-2)35(16)27(37)17-8-7-9-22(38-4)26(17)36-31-10-11-32-36/h7-13,16,21H,5-6,14H2,1-4H3. The van der Waals surface area contributed by atoms with Crippen LogP contribution in [0.5, 0.6) is 5.75 Å². The summed E-state index contributed by atoms with van der Waals surface area (Å²) in [5.74, 6) is -3.82. The minimum atomic E-state index is -1.51. The molecular weight excluding hydrogens is 497 g/mol. The van der Waals surface area contributed by atoms with Crippen molar-refractivity contribution in [2.75, 3.05) is 7.11 Å². The van der Waals surface area contributed by atoms with E-state index < -0.39 is 23.5 Å². The summed E-state index contributed by atoms with van der Waals surface area (Å²) in [6.07, 6.45) is 4.64. The van der Waals surface area contributed by atoms with Gasteiger partial charge >= 0.3 is 0 Å². The van der Waals surface area contributed by atoms with Gasteiger partial charge in [-0.25, -0.2) is 13.2 Å². The zero-order chi connectivity index (χ0) is 27.1. The van der Waals surface area contributed by atoms with E-state index in [2.05, 4.69) is 10.2 Å². The predicted molar refractivity (Wildman–Crippen MR) is 133 cm³/mol. The molecule has 0 N–H and O–H groups in total. The van der Waals surface area contributed by atoms with Crippen molar-refractivity contribution in [1.29, 1.82) is 0 Å². The molecule has 5 rings (SSSR count). The summed E-state index contributed by atoms with van der Waals surface area (Å²) in [6.45, 7) is 3.94. The topological polar surface area (TPSA) is 78.1 Å². The fraction of sp³-hybridized carbons (Fsp3) is 0.333. The van der Waals surface area contributed by atoms with Crippen molar-refractivity contribution in [3.63, 3.8) is 0 Å². The smallest absolute Gasteiger partial charge is 0.257 e. The van der Waals surface area contributed by atoms with Crippen LogP contribution in [0.2, 0.25) is 0 Å². The van der Waals surface area contributed by atoms with Crippen LogP contribution in [-0.4, -0.2) is 48.7 Å². The molecule has 0 bridgehead atoms. The maximum atomic E-state index is 14.2. The van der Waals surface area contributed by atoms with Gasteiger partial charge in [-0.1, -0.05) is 19.9 Å². The summed E-state index contributed by atoms with van der Waals surface area (Å²) < 4.78 is 49.0. The van der Waals surface area contributed by atoms with Crippen molar-refractivity contribution in [2.24, 2.45) is 7.05 Å². The summed E-state index contributed by atoms with van der Waals surface area (Å²) in [6, 6.07) is 6.52. The molecule has 11 heteroatoms.